The topological polar surface area (TPSA) is 114 Å². The van der Waals surface area contributed by atoms with Gasteiger partial charge in [-0.05, 0) is 56.8 Å². The Kier molecular flexibility index (Phi) is 7.21. The predicted molar refractivity (Wildman–Crippen MR) is 144 cm³/mol. The number of halogens is 1. The number of amides is 2. The summed E-state index contributed by atoms with van der Waals surface area (Å²) in [5.74, 6) is 0.282. The van der Waals surface area contributed by atoms with Gasteiger partial charge in [-0.2, -0.15) is 0 Å². The van der Waals surface area contributed by atoms with Crippen molar-refractivity contribution in [3.8, 4) is 0 Å². The lowest BCUT2D eigenvalue weighted by Crippen LogP contribution is -2.57. The average Bonchev–Trinajstić information content (AvgIpc) is 3.50. The van der Waals surface area contributed by atoms with E-state index in [0.29, 0.717) is 49.4 Å². The van der Waals surface area contributed by atoms with Gasteiger partial charge in [0.05, 0.1) is 15.7 Å². The third kappa shape index (κ3) is 5.34. The molecule has 2 aromatic rings. The zero-order chi connectivity index (χ0) is 26.4. The molecular formula is C26H35ClN6O3S. The van der Waals surface area contributed by atoms with E-state index in [0.717, 1.165) is 38.0 Å². The van der Waals surface area contributed by atoms with Crippen LogP contribution in [0.1, 0.15) is 53.4 Å². The molecule has 0 spiro atoms. The van der Waals surface area contributed by atoms with Crippen molar-refractivity contribution in [1.82, 2.24) is 24.7 Å². The zero-order valence-electron chi connectivity index (χ0n) is 21.4. The molecule has 1 saturated heterocycles. The molecule has 1 unspecified atom stereocenters. The normalized spacial score (nSPS) is 20.3. The van der Waals surface area contributed by atoms with Crippen LogP contribution in [0.15, 0.2) is 30.5 Å². The van der Waals surface area contributed by atoms with E-state index in [1.54, 1.807) is 21.6 Å². The van der Waals surface area contributed by atoms with Gasteiger partial charge in [0.25, 0.3) is 11.8 Å². The van der Waals surface area contributed by atoms with E-state index < -0.39 is 10.8 Å². The van der Waals surface area contributed by atoms with Crippen molar-refractivity contribution < 1.29 is 13.8 Å². The molecule has 1 aromatic carbocycles. The lowest BCUT2D eigenvalue weighted by Gasteiger charge is -2.44. The van der Waals surface area contributed by atoms with Gasteiger partial charge < -0.3 is 25.4 Å². The summed E-state index contributed by atoms with van der Waals surface area (Å²) in [6, 6.07) is 7.25. The van der Waals surface area contributed by atoms with Crippen molar-refractivity contribution in [2.75, 3.05) is 39.3 Å². The summed E-state index contributed by atoms with van der Waals surface area (Å²) in [4.78, 5) is 34.5. The van der Waals surface area contributed by atoms with Crippen LogP contribution in [0.5, 0.6) is 0 Å². The fourth-order valence-corrected chi connectivity index (χ4v) is 7.82. The van der Waals surface area contributed by atoms with Gasteiger partial charge in [-0.15, -0.1) is 0 Å². The Bertz CT molecular complexity index is 1200. The van der Waals surface area contributed by atoms with Crippen LogP contribution in [-0.4, -0.2) is 84.1 Å². The highest BCUT2D eigenvalue weighted by atomic mass is 35.5. The number of carbonyl (C=O) groups excluding carboxylic acids is 2. The minimum Gasteiger partial charge on any atom is -0.345 e. The Morgan fingerprint density at radius 3 is 2.59 bits per heavy atom. The van der Waals surface area contributed by atoms with Gasteiger partial charge in [-0.25, -0.2) is 4.98 Å². The summed E-state index contributed by atoms with van der Waals surface area (Å²) in [5.41, 5.74) is 7.08. The Balaban J connectivity index is 1.20. The van der Waals surface area contributed by atoms with E-state index in [9.17, 15) is 13.8 Å². The predicted octanol–water partition coefficient (Wildman–Crippen LogP) is 1.87. The number of hydrogen-bond donors (Lipinski definition) is 2. The first-order valence-electron chi connectivity index (χ1n) is 12.8. The number of fused-ring (bicyclic) bond motifs is 1. The third-order valence-electron chi connectivity index (χ3n) is 7.68. The molecule has 1 atom stereocenters. The van der Waals surface area contributed by atoms with Crippen LogP contribution in [0.4, 0.5) is 0 Å². The number of likely N-dealkylation sites (tertiary alicyclic amines) is 1. The summed E-state index contributed by atoms with van der Waals surface area (Å²) in [6.45, 7) is 9.29. The number of nitrogens with zero attached hydrogens (tertiary/aromatic N) is 4. The molecule has 200 valence electrons. The van der Waals surface area contributed by atoms with Gasteiger partial charge in [0.15, 0.2) is 5.82 Å². The molecule has 5 rings (SSSR count). The van der Waals surface area contributed by atoms with E-state index in [1.807, 2.05) is 12.1 Å². The second kappa shape index (κ2) is 10.1. The Morgan fingerprint density at radius 1 is 1.24 bits per heavy atom. The number of imidazole rings is 1. The molecular weight excluding hydrogens is 512 g/mol. The first-order chi connectivity index (χ1) is 17.6. The molecule has 2 fully saturated rings. The van der Waals surface area contributed by atoms with Crippen LogP contribution in [0.2, 0.25) is 5.02 Å². The molecule has 1 aromatic heterocycles. The number of carbonyl (C=O) groups is 2. The van der Waals surface area contributed by atoms with Crippen LogP contribution >= 0.6 is 11.6 Å². The number of aromatic nitrogens is 2. The first-order valence-corrected chi connectivity index (χ1v) is 14.4. The SMILES string of the molecule is CC(C)(CN1CC(CN)C1)S(=O)C1(CN2CCn3c(cnc3C(=O)NCc3ccc(Cl)cc3)C2=O)CC1. The maximum atomic E-state index is 13.7. The Labute approximate surface area is 225 Å². The molecule has 2 aliphatic heterocycles. The number of benzene rings is 1. The van der Waals surface area contributed by atoms with Crippen molar-refractivity contribution in [3.05, 3.63) is 52.6 Å². The molecule has 3 heterocycles. The Morgan fingerprint density at radius 2 is 1.95 bits per heavy atom. The lowest BCUT2D eigenvalue weighted by molar-refractivity contribution is 0.0697. The van der Waals surface area contributed by atoms with Gasteiger partial charge >= 0.3 is 0 Å². The summed E-state index contributed by atoms with van der Waals surface area (Å²) < 4.78 is 14.7. The van der Waals surface area contributed by atoms with Crippen molar-refractivity contribution in [2.45, 2.75) is 49.3 Å². The molecule has 1 aliphatic carbocycles. The standard InChI is InChI=1S/C26H35ClN6O3S/c1-25(2,16-31-14-19(11-28)15-31)37(36)26(7-8-26)17-32-9-10-33-21(24(32)35)13-29-22(33)23(34)30-12-18-3-5-20(27)6-4-18/h3-6,13,19H,7-12,14-17,28H2,1-2H3,(H,30,34). The van der Waals surface area contributed by atoms with E-state index in [1.165, 1.54) is 6.20 Å². The van der Waals surface area contributed by atoms with Crippen LogP contribution in [-0.2, 0) is 23.9 Å². The van der Waals surface area contributed by atoms with E-state index in [-0.39, 0.29) is 27.1 Å². The van der Waals surface area contributed by atoms with Crippen LogP contribution < -0.4 is 11.1 Å². The maximum absolute atomic E-state index is 13.7. The van der Waals surface area contributed by atoms with Gasteiger partial charge in [0.2, 0.25) is 0 Å². The number of hydrogen-bond acceptors (Lipinski definition) is 6. The number of nitrogens with one attached hydrogen (secondary N) is 1. The molecule has 2 amide bonds. The quantitative estimate of drug-likeness (QED) is 0.470. The smallest absolute Gasteiger partial charge is 0.287 e. The van der Waals surface area contributed by atoms with Crippen molar-refractivity contribution in [1.29, 1.82) is 0 Å². The molecule has 0 radical (unpaired) electrons. The molecule has 9 nitrogen and oxygen atoms in total. The summed E-state index contributed by atoms with van der Waals surface area (Å²) in [5, 5.41) is 3.50. The van der Waals surface area contributed by atoms with Crippen molar-refractivity contribution >= 4 is 34.2 Å². The zero-order valence-corrected chi connectivity index (χ0v) is 23.0. The first kappa shape index (κ1) is 26.3. The van der Waals surface area contributed by atoms with E-state index in [4.69, 9.17) is 17.3 Å². The second-order valence-corrected chi connectivity index (χ2v) is 14.1. The van der Waals surface area contributed by atoms with Crippen LogP contribution in [0, 0.1) is 5.92 Å². The maximum Gasteiger partial charge on any atom is 0.287 e. The summed E-state index contributed by atoms with van der Waals surface area (Å²) >= 11 is 5.92. The van der Waals surface area contributed by atoms with Gasteiger partial charge in [0, 0.05) is 61.6 Å². The molecule has 3 N–H and O–H groups in total. The lowest BCUT2D eigenvalue weighted by atomic mass is 9.99. The largest absolute Gasteiger partial charge is 0.345 e. The minimum absolute atomic E-state index is 0.162. The third-order valence-corrected chi connectivity index (χ3v) is 10.4. The fourth-order valence-electron chi connectivity index (χ4n) is 5.48. The highest BCUT2D eigenvalue weighted by Gasteiger charge is 2.55. The minimum atomic E-state index is -1.09. The van der Waals surface area contributed by atoms with E-state index in [2.05, 4.69) is 29.0 Å². The molecule has 11 heteroatoms. The summed E-state index contributed by atoms with van der Waals surface area (Å²) in [7, 11) is -1.09. The van der Waals surface area contributed by atoms with Gasteiger partial charge in [-0.3, -0.25) is 13.8 Å². The van der Waals surface area contributed by atoms with Gasteiger partial charge in [-0.1, -0.05) is 23.7 Å². The second-order valence-electron chi connectivity index (χ2n) is 11.2. The molecule has 37 heavy (non-hydrogen) atoms. The summed E-state index contributed by atoms with van der Waals surface area (Å²) in [6.07, 6.45) is 3.19. The number of rotatable bonds is 10. The van der Waals surface area contributed by atoms with Crippen molar-refractivity contribution in [2.24, 2.45) is 11.7 Å². The molecule has 3 aliphatic rings. The Hall–Kier alpha value is -2.27. The van der Waals surface area contributed by atoms with E-state index >= 15 is 0 Å². The highest BCUT2D eigenvalue weighted by Crippen LogP contribution is 2.47. The van der Waals surface area contributed by atoms with Crippen molar-refractivity contribution in [3.63, 3.8) is 0 Å². The highest BCUT2D eigenvalue weighted by molar-refractivity contribution is 7.88. The van der Waals surface area contributed by atoms with Gasteiger partial charge in [0.1, 0.15) is 5.69 Å². The molecule has 0 bridgehead atoms. The van der Waals surface area contributed by atoms with Crippen LogP contribution in [0.3, 0.4) is 0 Å². The average molecular weight is 547 g/mol. The molecule has 1 saturated carbocycles. The monoisotopic (exact) mass is 546 g/mol. The fraction of sp³-hybridized carbons (Fsp3) is 0.577. The number of nitrogens with two attached hydrogens (primary N) is 1. The van der Waals surface area contributed by atoms with Crippen LogP contribution in [0.25, 0.3) is 0 Å².